The highest BCUT2D eigenvalue weighted by Gasteiger charge is 2.38. The third kappa shape index (κ3) is 4.33. The van der Waals surface area contributed by atoms with E-state index in [4.69, 9.17) is 4.98 Å². The van der Waals surface area contributed by atoms with Crippen LogP contribution in [0.25, 0.3) is 10.6 Å². The number of aliphatic imine (C=N–C) groups is 1. The van der Waals surface area contributed by atoms with E-state index >= 15 is 0 Å². The predicted molar refractivity (Wildman–Crippen MR) is 113 cm³/mol. The maximum Gasteiger partial charge on any atom is 0.191 e. The van der Waals surface area contributed by atoms with Crippen molar-refractivity contribution in [2.75, 3.05) is 20.1 Å². The maximum atomic E-state index is 4.75. The van der Waals surface area contributed by atoms with Crippen LogP contribution >= 0.6 is 11.3 Å². The summed E-state index contributed by atoms with van der Waals surface area (Å²) in [6.45, 7) is 7.51. The van der Waals surface area contributed by atoms with Crippen LogP contribution < -0.4 is 10.6 Å². The lowest BCUT2D eigenvalue weighted by Crippen LogP contribution is -2.46. The lowest BCUT2D eigenvalue weighted by Gasteiger charge is -2.20. The topological polar surface area (TPSA) is 52.6 Å². The molecular formula is C21H29N5S. The summed E-state index contributed by atoms with van der Waals surface area (Å²) in [6, 6.07) is 11.7. The third-order valence-corrected chi connectivity index (χ3v) is 6.79. The smallest absolute Gasteiger partial charge is 0.191 e. The zero-order valence-corrected chi connectivity index (χ0v) is 17.2. The second-order valence-corrected chi connectivity index (χ2v) is 8.82. The zero-order valence-electron chi connectivity index (χ0n) is 16.4. The highest BCUT2D eigenvalue weighted by Crippen LogP contribution is 2.32. The fourth-order valence-electron chi connectivity index (χ4n) is 3.76. The Balaban J connectivity index is 1.35. The number of hydrogen-bond donors (Lipinski definition) is 2. The van der Waals surface area contributed by atoms with Crippen molar-refractivity contribution in [3.8, 4) is 10.6 Å². The Morgan fingerprint density at radius 2 is 2.04 bits per heavy atom. The summed E-state index contributed by atoms with van der Waals surface area (Å²) in [5.74, 6) is 1.54. The molecule has 6 heteroatoms. The number of aromatic nitrogens is 1. The van der Waals surface area contributed by atoms with Crippen LogP contribution in [0, 0.1) is 12.8 Å². The van der Waals surface area contributed by atoms with E-state index in [1.165, 1.54) is 29.8 Å². The van der Waals surface area contributed by atoms with Crippen molar-refractivity contribution in [1.82, 2.24) is 20.5 Å². The molecule has 27 heavy (non-hydrogen) atoms. The molecule has 1 aromatic carbocycles. The van der Waals surface area contributed by atoms with Gasteiger partial charge in [-0.25, -0.2) is 4.98 Å². The number of rotatable bonds is 5. The number of nitrogens with one attached hydrogen (secondary N) is 2. The molecule has 0 spiro atoms. The van der Waals surface area contributed by atoms with E-state index in [1.807, 2.05) is 13.1 Å². The van der Waals surface area contributed by atoms with Crippen molar-refractivity contribution in [2.24, 2.45) is 10.9 Å². The number of guanidine groups is 1. The van der Waals surface area contributed by atoms with E-state index in [0.717, 1.165) is 35.8 Å². The number of hydrogen-bond acceptors (Lipinski definition) is 4. The summed E-state index contributed by atoms with van der Waals surface area (Å²) in [7, 11) is 1.85. The summed E-state index contributed by atoms with van der Waals surface area (Å²) in [5, 5.41) is 8.21. The van der Waals surface area contributed by atoms with Gasteiger partial charge in [0.15, 0.2) is 5.96 Å². The van der Waals surface area contributed by atoms with Crippen molar-refractivity contribution in [1.29, 1.82) is 0 Å². The minimum absolute atomic E-state index is 0.472. The maximum absolute atomic E-state index is 4.75. The molecular weight excluding hydrogens is 354 g/mol. The van der Waals surface area contributed by atoms with Gasteiger partial charge in [-0.15, -0.1) is 11.3 Å². The predicted octanol–water partition coefficient (Wildman–Crippen LogP) is 3.27. The molecule has 2 unspecified atom stereocenters. The molecule has 1 saturated carbocycles. The Hall–Kier alpha value is -1.92. The first-order chi connectivity index (χ1) is 13.1. The molecule has 4 rings (SSSR count). The second kappa shape index (κ2) is 7.98. The van der Waals surface area contributed by atoms with Crippen LogP contribution in [0.3, 0.4) is 0 Å². The van der Waals surface area contributed by atoms with Gasteiger partial charge in [-0.05, 0) is 25.7 Å². The molecule has 5 nitrogen and oxygen atoms in total. The van der Waals surface area contributed by atoms with Gasteiger partial charge in [0.05, 0.1) is 12.2 Å². The summed E-state index contributed by atoms with van der Waals surface area (Å²) in [5.41, 5.74) is 2.27. The molecule has 2 aromatic rings. The Labute approximate surface area is 165 Å². The SMILES string of the molecule is CN=C(NCc1sc(-c2ccccc2)nc1C)NC1CN(C2CC2)CC1C. The Morgan fingerprint density at radius 3 is 2.74 bits per heavy atom. The molecule has 0 amide bonds. The monoisotopic (exact) mass is 383 g/mol. The molecule has 144 valence electrons. The molecule has 2 fully saturated rings. The van der Waals surface area contributed by atoms with Gasteiger partial charge < -0.3 is 10.6 Å². The molecule has 2 N–H and O–H groups in total. The molecule has 2 atom stereocenters. The van der Waals surface area contributed by atoms with Gasteiger partial charge in [0.2, 0.25) is 0 Å². The van der Waals surface area contributed by atoms with Crippen molar-refractivity contribution in [3.63, 3.8) is 0 Å². The quantitative estimate of drug-likeness (QED) is 0.615. The Morgan fingerprint density at radius 1 is 1.26 bits per heavy atom. The normalized spacial score (nSPS) is 23.6. The Bertz CT molecular complexity index is 796. The van der Waals surface area contributed by atoms with Crippen molar-refractivity contribution in [3.05, 3.63) is 40.9 Å². The summed E-state index contributed by atoms with van der Waals surface area (Å²) >= 11 is 1.76. The fourth-order valence-corrected chi connectivity index (χ4v) is 4.77. The van der Waals surface area contributed by atoms with Gasteiger partial charge in [-0.2, -0.15) is 0 Å². The van der Waals surface area contributed by atoms with Crippen LogP contribution in [-0.4, -0.2) is 48.1 Å². The van der Waals surface area contributed by atoms with E-state index in [1.54, 1.807) is 11.3 Å². The standard InChI is InChI=1S/C21H29N5S/c1-14-12-26(17-9-10-17)13-18(14)25-21(22-3)23-11-19-15(2)24-20(27-19)16-7-5-4-6-8-16/h4-8,14,17-18H,9-13H2,1-3H3,(H2,22,23,25). The molecule has 2 heterocycles. The lowest BCUT2D eigenvalue weighted by atomic mass is 10.1. The van der Waals surface area contributed by atoms with Crippen LogP contribution in [0.4, 0.5) is 0 Å². The van der Waals surface area contributed by atoms with Gasteiger partial charge in [-0.1, -0.05) is 37.3 Å². The fraction of sp³-hybridized carbons (Fsp3) is 0.524. The van der Waals surface area contributed by atoms with E-state index < -0.39 is 0 Å². The first kappa shape index (κ1) is 18.4. The van der Waals surface area contributed by atoms with Crippen molar-refractivity contribution in [2.45, 2.75) is 45.3 Å². The Kier molecular flexibility index (Phi) is 5.45. The molecule has 1 aliphatic carbocycles. The van der Waals surface area contributed by atoms with E-state index in [2.05, 4.69) is 58.6 Å². The molecule has 1 aliphatic heterocycles. The molecule has 2 aliphatic rings. The van der Waals surface area contributed by atoms with E-state index in [-0.39, 0.29) is 0 Å². The molecule has 0 bridgehead atoms. The average molecular weight is 384 g/mol. The summed E-state index contributed by atoms with van der Waals surface area (Å²) in [6.07, 6.45) is 2.75. The van der Waals surface area contributed by atoms with Crippen LogP contribution in [0.5, 0.6) is 0 Å². The summed E-state index contributed by atoms with van der Waals surface area (Å²) in [4.78, 5) is 13.1. The number of aryl methyl sites for hydroxylation is 1. The average Bonchev–Trinajstić information content (AvgIpc) is 3.38. The minimum atomic E-state index is 0.472. The summed E-state index contributed by atoms with van der Waals surface area (Å²) < 4.78 is 0. The van der Waals surface area contributed by atoms with Gasteiger partial charge in [0.25, 0.3) is 0 Å². The molecule has 1 aromatic heterocycles. The van der Waals surface area contributed by atoms with Crippen LogP contribution in [0.2, 0.25) is 0 Å². The number of nitrogens with zero attached hydrogens (tertiary/aromatic N) is 3. The van der Waals surface area contributed by atoms with Crippen LogP contribution in [0.15, 0.2) is 35.3 Å². The highest BCUT2D eigenvalue weighted by atomic mass is 32.1. The van der Waals surface area contributed by atoms with Crippen molar-refractivity contribution < 1.29 is 0 Å². The highest BCUT2D eigenvalue weighted by molar-refractivity contribution is 7.15. The number of benzene rings is 1. The van der Waals surface area contributed by atoms with Crippen molar-refractivity contribution >= 4 is 17.3 Å². The van der Waals surface area contributed by atoms with Crippen LogP contribution in [0.1, 0.15) is 30.3 Å². The van der Waals surface area contributed by atoms with Gasteiger partial charge in [-0.3, -0.25) is 9.89 Å². The first-order valence-electron chi connectivity index (χ1n) is 9.87. The zero-order chi connectivity index (χ0) is 18.8. The second-order valence-electron chi connectivity index (χ2n) is 7.73. The molecule has 0 radical (unpaired) electrons. The number of likely N-dealkylation sites (tertiary alicyclic amines) is 1. The van der Waals surface area contributed by atoms with E-state index in [9.17, 15) is 0 Å². The third-order valence-electron chi connectivity index (χ3n) is 5.58. The lowest BCUT2D eigenvalue weighted by molar-refractivity contribution is 0.315. The first-order valence-corrected chi connectivity index (χ1v) is 10.7. The van der Waals surface area contributed by atoms with Gasteiger partial charge in [0.1, 0.15) is 5.01 Å². The van der Waals surface area contributed by atoms with Gasteiger partial charge in [0, 0.05) is 42.7 Å². The minimum Gasteiger partial charge on any atom is -0.352 e. The number of thiazole rings is 1. The van der Waals surface area contributed by atoms with Crippen LogP contribution in [-0.2, 0) is 6.54 Å². The molecule has 1 saturated heterocycles. The largest absolute Gasteiger partial charge is 0.352 e. The van der Waals surface area contributed by atoms with Gasteiger partial charge >= 0.3 is 0 Å². The van der Waals surface area contributed by atoms with E-state index in [0.29, 0.717) is 12.0 Å².